The van der Waals surface area contributed by atoms with Crippen LogP contribution in [0.3, 0.4) is 0 Å². The van der Waals surface area contributed by atoms with Crippen molar-refractivity contribution in [2.45, 2.75) is 32.9 Å². The number of methoxy groups -OCH3 is 1. The molecule has 1 heterocycles. The molecule has 180 valence electrons. The van der Waals surface area contributed by atoms with Crippen LogP contribution in [0, 0.1) is 12.7 Å². The molecule has 1 amide bonds. The Labute approximate surface area is 203 Å². The molecule has 1 saturated heterocycles. The van der Waals surface area contributed by atoms with Crippen LogP contribution in [0.15, 0.2) is 72.3 Å². The number of aliphatic hydroxyl groups excluding tert-OH is 1. The van der Waals surface area contributed by atoms with Crippen molar-refractivity contribution in [3.05, 3.63) is 94.8 Å². The van der Waals surface area contributed by atoms with Gasteiger partial charge in [0.1, 0.15) is 23.1 Å². The summed E-state index contributed by atoms with van der Waals surface area (Å²) in [7, 11) is 1.54. The SMILES string of the molecule is COc1ccc(C2/C(=C(/O)c3ccc(F)c(C)c3)C(=O)C(=O)N2c2ccc(OC(C)C)cc2)cc1. The zero-order valence-electron chi connectivity index (χ0n) is 19.9. The minimum atomic E-state index is -0.900. The molecule has 0 aromatic heterocycles. The second-order valence-electron chi connectivity index (χ2n) is 8.57. The largest absolute Gasteiger partial charge is 0.507 e. The number of anilines is 1. The molecule has 1 aliphatic heterocycles. The molecule has 1 aliphatic rings. The summed E-state index contributed by atoms with van der Waals surface area (Å²) in [4.78, 5) is 27.9. The Kier molecular flexibility index (Phi) is 6.60. The van der Waals surface area contributed by atoms with E-state index in [4.69, 9.17) is 9.47 Å². The van der Waals surface area contributed by atoms with Crippen molar-refractivity contribution >= 4 is 23.1 Å². The molecule has 0 bridgehead atoms. The molecular formula is C28H26FNO5. The van der Waals surface area contributed by atoms with Crippen LogP contribution in [0.4, 0.5) is 10.1 Å². The lowest BCUT2D eigenvalue weighted by molar-refractivity contribution is -0.132. The number of amides is 1. The van der Waals surface area contributed by atoms with E-state index >= 15 is 0 Å². The van der Waals surface area contributed by atoms with Gasteiger partial charge in [-0.15, -0.1) is 0 Å². The van der Waals surface area contributed by atoms with E-state index in [1.165, 1.54) is 23.1 Å². The molecule has 3 aromatic rings. The average molecular weight is 476 g/mol. The molecule has 0 radical (unpaired) electrons. The number of halogens is 1. The number of rotatable bonds is 6. The maximum Gasteiger partial charge on any atom is 0.300 e. The van der Waals surface area contributed by atoms with Gasteiger partial charge in [0.05, 0.1) is 24.8 Å². The lowest BCUT2D eigenvalue weighted by Crippen LogP contribution is -2.29. The van der Waals surface area contributed by atoms with Crippen LogP contribution in [-0.4, -0.2) is 30.0 Å². The molecule has 0 aliphatic carbocycles. The van der Waals surface area contributed by atoms with Crippen LogP contribution < -0.4 is 14.4 Å². The fraction of sp³-hybridized carbons (Fsp3) is 0.214. The smallest absolute Gasteiger partial charge is 0.300 e. The summed E-state index contributed by atoms with van der Waals surface area (Å²) in [6.07, 6.45) is -0.0199. The number of carbonyl (C=O) groups is 2. The van der Waals surface area contributed by atoms with Gasteiger partial charge < -0.3 is 14.6 Å². The average Bonchev–Trinajstić information content (AvgIpc) is 3.11. The molecule has 1 unspecified atom stereocenters. The fourth-order valence-corrected chi connectivity index (χ4v) is 4.11. The Morgan fingerprint density at radius 2 is 1.60 bits per heavy atom. The summed E-state index contributed by atoms with van der Waals surface area (Å²) < 4.78 is 24.8. The van der Waals surface area contributed by atoms with E-state index in [9.17, 15) is 19.1 Å². The number of hydrogen-bond donors (Lipinski definition) is 1. The second-order valence-corrected chi connectivity index (χ2v) is 8.57. The van der Waals surface area contributed by atoms with Crippen LogP contribution in [0.25, 0.3) is 5.76 Å². The van der Waals surface area contributed by atoms with Crippen LogP contribution >= 0.6 is 0 Å². The molecule has 3 aromatic carbocycles. The third-order valence-electron chi connectivity index (χ3n) is 5.79. The van der Waals surface area contributed by atoms with Gasteiger partial charge in [0.15, 0.2) is 0 Å². The second kappa shape index (κ2) is 9.62. The van der Waals surface area contributed by atoms with Crippen molar-refractivity contribution in [2.75, 3.05) is 12.0 Å². The van der Waals surface area contributed by atoms with Gasteiger partial charge in [-0.3, -0.25) is 14.5 Å². The minimum absolute atomic E-state index is 0.0199. The fourth-order valence-electron chi connectivity index (χ4n) is 4.11. The number of hydrogen-bond acceptors (Lipinski definition) is 5. The van der Waals surface area contributed by atoms with Gasteiger partial charge in [-0.1, -0.05) is 12.1 Å². The summed E-state index contributed by atoms with van der Waals surface area (Å²) in [6.45, 7) is 5.38. The van der Waals surface area contributed by atoms with E-state index in [1.807, 2.05) is 13.8 Å². The zero-order chi connectivity index (χ0) is 25.3. The van der Waals surface area contributed by atoms with Crippen molar-refractivity contribution in [2.24, 2.45) is 0 Å². The van der Waals surface area contributed by atoms with Crippen molar-refractivity contribution in [1.29, 1.82) is 0 Å². The molecule has 1 atom stereocenters. The monoisotopic (exact) mass is 475 g/mol. The van der Waals surface area contributed by atoms with Crippen LogP contribution in [-0.2, 0) is 9.59 Å². The first kappa shape index (κ1) is 24.0. The minimum Gasteiger partial charge on any atom is -0.507 e. The van der Waals surface area contributed by atoms with Gasteiger partial charge in [0.25, 0.3) is 11.7 Å². The maximum absolute atomic E-state index is 13.8. The standard InChI is InChI=1S/C28H26FNO5/c1-16(2)35-22-12-8-20(9-13-22)30-25(18-5-10-21(34-4)11-6-18)24(27(32)28(30)33)26(31)19-7-14-23(29)17(3)15-19/h5-16,25,31H,1-4H3/b26-24-. The Hall–Kier alpha value is -4.13. The normalized spacial score (nSPS) is 17.2. The van der Waals surface area contributed by atoms with Gasteiger partial charge >= 0.3 is 0 Å². The number of aliphatic hydroxyl groups is 1. The summed E-state index contributed by atoms with van der Waals surface area (Å²) in [5.74, 6) is -1.17. The quantitative estimate of drug-likeness (QED) is 0.287. The van der Waals surface area contributed by atoms with Crippen molar-refractivity contribution in [3.63, 3.8) is 0 Å². The molecule has 35 heavy (non-hydrogen) atoms. The molecule has 1 N–H and O–H groups in total. The van der Waals surface area contributed by atoms with Gasteiger partial charge in [-0.25, -0.2) is 4.39 Å². The highest BCUT2D eigenvalue weighted by molar-refractivity contribution is 6.51. The third kappa shape index (κ3) is 4.62. The van der Waals surface area contributed by atoms with Gasteiger partial charge in [-0.05, 0) is 86.5 Å². The first-order valence-corrected chi connectivity index (χ1v) is 11.2. The zero-order valence-corrected chi connectivity index (χ0v) is 19.9. The number of benzene rings is 3. The Bertz CT molecular complexity index is 1300. The summed E-state index contributed by atoms with van der Waals surface area (Å²) in [6, 6.07) is 16.9. The van der Waals surface area contributed by atoms with E-state index in [2.05, 4.69) is 0 Å². The van der Waals surface area contributed by atoms with Crippen LogP contribution in [0.2, 0.25) is 0 Å². The van der Waals surface area contributed by atoms with Gasteiger partial charge in [0.2, 0.25) is 0 Å². The molecule has 0 saturated carbocycles. The van der Waals surface area contributed by atoms with E-state index in [0.29, 0.717) is 28.3 Å². The first-order chi connectivity index (χ1) is 16.7. The first-order valence-electron chi connectivity index (χ1n) is 11.2. The van der Waals surface area contributed by atoms with E-state index < -0.39 is 23.5 Å². The predicted molar refractivity (Wildman–Crippen MR) is 131 cm³/mol. The van der Waals surface area contributed by atoms with E-state index in [1.54, 1.807) is 62.6 Å². The Balaban J connectivity index is 1.87. The highest BCUT2D eigenvalue weighted by Crippen LogP contribution is 2.43. The number of aryl methyl sites for hydroxylation is 1. The number of Topliss-reactive ketones (excluding diaryl/α,β-unsaturated/α-hetero) is 1. The van der Waals surface area contributed by atoms with Crippen molar-refractivity contribution < 1.29 is 28.6 Å². The van der Waals surface area contributed by atoms with Gasteiger partial charge in [0, 0.05) is 11.3 Å². The number of ether oxygens (including phenoxy) is 2. The molecule has 6 nitrogen and oxygen atoms in total. The number of carbonyl (C=O) groups excluding carboxylic acids is 2. The third-order valence-corrected chi connectivity index (χ3v) is 5.79. The van der Waals surface area contributed by atoms with Crippen molar-refractivity contribution in [3.8, 4) is 11.5 Å². The summed E-state index contributed by atoms with van der Waals surface area (Å²) in [5, 5.41) is 11.2. The highest BCUT2D eigenvalue weighted by Gasteiger charge is 2.47. The molecular weight excluding hydrogens is 449 g/mol. The highest BCUT2D eigenvalue weighted by atomic mass is 19.1. The molecule has 0 spiro atoms. The lowest BCUT2D eigenvalue weighted by atomic mass is 9.94. The maximum atomic E-state index is 13.8. The Morgan fingerprint density at radius 3 is 2.17 bits per heavy atom. The molecule has 7 heteroatoms. The van der Waals surface area contributed by atoms with Crippen LogP contribution in [0.1, 0.15) is 36.6 Å². The van der Waals surface area contributed by atoms with Gasteiger partial charge in [-0.2, -0.15) is 0 Å². The summed E-state index contributed by atoms with van der Waals surface area (Å²) >= 11 is 0. The van der Waals surface area contributed by atoms with E-state index in [-0.39, 0.29) is 23.0 Å². The number of ketones is 1. The lowest BCUT2D eigenvalue weighted by Gasteiger charge is -2.26. The van der Waals surface area contributed by atoms with E-state index in [0.717, 1.165) is 0 Å². The summed E-state index contributed by atoms with van der Waals surface area (Å²) in [5.41, 5.74) is 1.56. The number of nitrogens with zero attached hydrogens (tertiary/aromatic N) is 1. The van der Waals surface area contributed by atoms with Crippen LogP contribution in [0.5, 0.6) is 11.5 Å². The topological polar surface area (TPSA) is 76.1 Å². The van der Waals surface area contributed by atoms with Crippen molar-refractivity contribution in [1.82, 2.24) is 0 Å². The Morgan fingerprint density at radius 1 is 0.971 bits per heavy atom. The molecule has 4 rings (SSSR count). The predicted octanol–water partition coefficient (Wildman–Crippen LogP) is 5.56. The molecule has 1 fully saturated rings.